The van der Waals surface area contributed by atoms with E-state index < -0.39 is 0 Å². The molecular formula is C35H36N8O4. The molecule has 3 N–H and O–H groups in total. The lowest BCUT2D eigenvalue weighted by atomic mass is 10.2. The van der Waals surface area contributed by atoms with Gasteiger partial charge in [0, 0.05) is 71.6 Å². The van der Waals surface area contributed by atoms with Crippen LogP contribution >= 0.6 is 0 Å². The van der Waals surface area contributed by atoms with E-state index in [4.69, 9.17) is 14.2 Å². The van der Waals surface area contributed by atoms with Gasteiger partial charge in [-0.15, -0.1) is 0 Å². The number of hydrogen-bond acceptors (Lipinski definition) is 11. The van der Waals surface area contributed by atoms with Crippen molar-refractivity contribution in [2.45, 2.75) is 13.8 Å². The molecule has 0 radical (unpaired) electrons. The molecule has 0 spiro atoms. The van der Waals surface area contributed by atoms with E-state index in [1.165, 1.54) is 6.07 Å². The van der Waals surface area contributed by atoms with Crippen LogP contribution in [0.15, 0.2) is 115 Å². The van der Waals surface area contributed by atoms with Crippen LogP contribution in [0.1, 0.15) is 13.8 Å². The quantitative estimate of drug-likeness (QED) is 0.153. The second-order valence-electron chi connectivity index (χ2n) is 9.27. The highest BCUT2D eigenvalue weighted by molar-refractivity contribution is 5.64. The molecule has 240 valence electrons. The molecule has 0 atom stereocenters. The zero-order valence-corrected chi connectivity index (χ0v) is 26.8. The monoisotopic (exact) mass is 632 g/mol. The molecule has 0 amide bonds. The fraction of sp³-hybridized carbons (Fsp3) is 0.143. The number of hydrogen-bond donors (Lipinski definition) is 3. The van der Waals surface area contributed by atoms with Crippen molar-refractivity contribution in [2.75, 3.05) is 32.0 Å². The molecule has 12 nitrogen and oxygen atoms in total. The minimum atomic E-state index is -0.168. The number of nitrogens with one attached hydrogen (secondary N) is 3. The van der Waals surface area contributed by atoms with E-state index in [2.05, 4.69) is 40.5 Å². The number of benzene rings is 2. The van der Waals surface area contributed by atoms with Gasteiger partial charge in [-0.05, 0) is 48.5 Å². The molecule has 6 aromatic rings. The van der Waals surface area contributed by atoms with Crippen LogP contribution in [0, 0.1) is 0 Å². The third-order valence-electron chi connectivity index (χ3n) is 6.27. The Morgan fingerprint density at radius 2 is 1.13 bits per heavy atom. The smallest absolute Gasteiger partial charge is 0.248 e. The van der Waals surface area contributed by atoms with Crippen LogP contribution in [0.2, 0.25) is 0 Å². The van der Waals surface area contributed by atoms with E-state index >= 15 is 0 Å². The first-order valence-electron chi connectivity index (χ1n) is 14.7. The molecule has 2 aromatic carbocycles. The lowest BCUT2D eigenvalue weighted by Crippen LogP contribution is -2.03. The number of aromatic amines is 1. The van der Waals surface area contributed by atoms with E-state index in [0.717, 1.165) is 39.7 Å². The summed E-state index contributed by atoms with van der Waals surface area (Å²) in [6, 6.07) is 25.7. The van der Waals surface area contributed by atoms with Crippen molar-refractivity contribution in [3.63, 3.8) is 0 Å². The van der Waals surface area contributed by atoms with Gasteiger partial charge in [-0.1, -0.05) is 26.0 Å². The summed E-state index contributed by atoms with van der Waals surface area (Å²) in [5, 5.41) is 6.28. The molecule has 12 heteroatoms. The van der Waals surface area contributed by atoms with E-state index in [0.29, 0.717) is 23.5 Å². The van der Waals surface area contributed by atoms with Gasteiger partial charge < -0.3 is 29.8 Å². The minimum Gasteiger partial charge on any atom is -0.497 e. The molecule has 0 aliphatic carbocycles. The van der Waals surface area contributed by atoms with E-state index in [1.807, 2.05) is 80.6 Å². The number of methoxy groups -OCH3 is 3. The Labute approximate surface area is 272 Å². The number of aromatic nitrogens is 6. The fourth-order valence-corrected chi connectivity index (χ4v) is 4.10. The number of ether oxygens (including phenoxy) is 3. The van der Waals surface area contributed by atoms with Gasteiger partial charge in [0.1, 0.15) is 11.5 Å². The van der Waals surface area contributed by atoms with Gasteiger partial charge >= 0.3 is 0 Å². The normalized spacial score (nSPS) is 9.89. The predicted octanol–water partition coefficient (Wildman–Crippen LogP) is 6.91. The third-order valence-corrected chi connectivity index (χ3v) is 6.27. The standard InChI is InChI=1S/C17H16N4O2.C16H14N4O2.C2H6/c1-22-14-5-3-4-13(11-14)20-17-19-9-7-15(21-17)12-6-8-18-16(10-12)23-2;1-22-13-4-2-3-12(10-13)19-16-18-8-6-14(20-16)11-5-7-17-15(21)9-11;1-2/h3-11H,1-2H3,(H,19,20,21);2-10H,1H3,(H,17,21)(H,18,19,20);1-2H3. The zero-order valence-electron chi connectivity index (χ0n) is 26.8. The predicted molar refractivity (Wildman–Crippen MR) is 184 cm³/mol. The van der Waals surface area contributed by atoms with Gasteiger partial charge in [0.15, 0.2) is 0 Å². The summed E-state index contributed by atoms with van der Waals surface area (Å²) in [7, 11) is 4.83. The van der Waals surface area contributed by atoms with Crippen molar-refractivity contribution in [1.82, 2.24) is 29.9 Å². The molecule has 47 heavy (non-hydrogen) atoms. The maximum absolute atomic E-state index is 11.4. The first kappa shape index (κ1) is 33.6. The first-order chi connectivity index (χ1) is 23.0. The van der Waals surface area contributed by atoms with Crippen LogP contribution in [-0.4, -0.2) is 51.2 Å². The second kappa shape index (κ2) is 17.3. The molecule has 0 fully saturated rings. The van der Waals surface area contributed by atoms with Crippen molar-refractivity contribution in [3.05, 3.63) is 120 Å². The molecule has 0 aliphatic rings. The van der Waals surface area contributed by atoms with Crippen LogP contribution < -0.4 is 30.4 Å². The topological polar surface area (TPSA) is 149 Å². The van der Waals surface area contributed by atoms with Crippen LogP contribution in [-0.2, 0) is 0 Å². The van der Waals surface area contributed by atoms with Crippen molar-refractivity contribution in [2.24, 2.45) is 0 Å². The Balaban J connectivity index is 0.000000202. The molecular weight excluding hydrogens is 596 g/mol. The van der Waals surface area contributed by atoms with Crippen LogP contribution in [0.3, 0.4) is 0 Å². The summed E-state index contributed by atoms with van der Waals surface area (Å²) in [6.07, 6.45) is 6.63. The van der Waals surface area contributed by atoms with E-state index in [1.54, 1.807) is 58.2 Å². The SMILES string of the molecule is CC.COc1cccc(Nc2nccc(-c3cc[nH]c(=O)c3)n2)c1.COc1cccc(Nc2nccc(-c3ccnc(OC)c3)n2)c1. The van der Waals surface area contributed by atoms with E-state index in [9.17, 15) is 4.79 Å². The summed E-state index contributed by atoms with van der Waals surface area (Å²) in [5.41, 5.74) is 4.61. The van der Waals surface area contributed by atoms with Gasteiger partial charge in [0.05, 0.1) is 32.7 Å². The van der Waals surface area contributed by atoms with Crippen molar-refractivity contribution < 1.29 is 14.2 Å². The molecule has 4 aromatic heterocycles. The summed E-state index contributed by atoms with van der Waals surface area (Å²) < 4.78 is 15.5. The zero-order chi connectivity index (χ0) is 33.4. The Bertz CT molecular complexity index is 1930. The summed E-state index contributed by atoms with van der Waals surface area (Å²) in [6.45, 7) is 4.00. The third kappa shape index (κ3) is 9.85. The number of H-pyrrole nitrogens is 1. The Hall–Kier alpha value is -6.30. The number of rotatable bonds is 9. The number of nitrogens with zero attached hydrogens (tertiary/aromatic N) is 5. The molecule has 0 bridgehead atoms. The summed E-state index contributed by atoms with van der Waals surface area (Å²) in [4.78, 5) is 35.4. The highest BCUT2D eigenvalue weighted by Crippen LogP contribution is 2.24. The minimum absolute atomic E-state index is 0.168. The summed E-state index contributed by atoms with van der Waals surface area (Å²) >= 11 is 0. The first-order valence-corrected chi connectivity index (χ1v) is 14.7. The van der Waals surface area contributed by atoms with Gasteiger partial charge in [0.2, 0.25) is 23.3 Å². The average Bonchev–Trinajstić information content (AvgIpc) is 3.13. The van der Waals surface area contributed by atoms with Gasteiger partial charge in [-0.25, -0.2) is 24.9 Å². The van der Waals surface area contributed by atoms with Crippen LogP contribution in [0.25, 0.3) is 22.5 Å². The van der Waals surface area contributed by atoms with Gasteiger partial charge in [-0.2, -0.15) is 0 Å². The maximum Gasteiger partial charge on any atom is 0.248 e. The Morgan fingerprint density at radius 1 is 0.596 bits per heavy atom. The average molecular weight is 633 g/mol. The van der Waals surface area contributed by atoms with E-state index in [-0.39, 0.29) is 5.56 Å². The molecule has 0 unspecified atom stereocenters. The van der Waals surface area contributed by atoms with Crippen molar-refractivity contribution in [1.29, 1.82) is 0 Å². The molecule has 4 heterocycles. The fourth-order valence-electron chi connectivity index (χ4n) is 4.10. The van der Waals surface area contributed by atoms with Crippen molar-refractivity contribution in [3.8, 4) is 39.9 Å². The summed E-state index contributed by atoms with van der Waals surface area (Å²) in [5.74, 6) is 3.02. The van der Waals surface area contributed by atoms with Gasteiger partial charge in [-0.3, -0.25) is 4.79 Å². The molecule has 6 rings (SSSR count). The Morgan fingerprint density at radius 3 is 1.64 bits per heavy atom. The molecule has 0 saturated heterocycles. The lowest BCUT2D eigenvalue weighted by molar-refractivity contribution is 0.398. The molecule has 0 aliphatic heterocycles. The van der Waals surface area contributed by atoms with Crippen LogP contribution in [0.5, 0.6) is 17.4 Å². The molecule has 0 saturated carbocycles. The maximum atomic E-state index is 11.4. The van der Waals surface area contributed by atoms with Crippen molar-refractivity contribution >= 4 is 23.3 Å². The van der Waals surface area contributed by atoms with Crippen LogP contribution in [0.4, 0.5) is 23.3 Å². The van der Waals surface area contributed by atoms with Gasteiger partial charge in [0.25, 0.3) is 0 Å². The highest BCUT2D eigenvalue weighted by Gasteiger charge is 2.06. The Kier molecular flexibility index (Phi) is 12.3. The second-order valence-corrected chi connectivity index (χ2v) is 9.27. The number of anilines is 4. The number of pyridine rings is 2. The largest absolute Gasteiger partial charge is 0.497 e. The lowest BCUT2D eigenvalue weighted by Gasteiger charge is -2.08. The highest BCUT2D eigenvalue weighted by atomic mass is 16.5.